The maximum absolute atomic E-state index is 13.2. The zero-order valence-corrected chi connectivity index (χ0v) is 23.3. The average molecular weight is 572 g/mol. The molecule has 4 rings (SSSR count). The molecule has 2 aromatic carbocycles. The van der Waals surface area contributed by atoms with E-state index in [1.54, 1.807) is 24.5 Å². The Balaban J connectivity index is 1.40. The van der Waals surface area contributed by atoms with Gasteiger partial charge in [-0.1, -0.05) is 48.5 Å². The van der Waals surface area contributed by atoms with Gasteiger partial charge in [0.2, 0.25) is 0 Å². The Morgan fingerprint density at radius 2 is 1.54 bits per heavy atom. The van der Waals surface area contributed by atoms with Crippen molar-refractivity contribution in [3.63, 3.8) is 0 Å². The second-order valence-electron chi connectivity index (χ2n) is 10.3. The van der Waals surface area contributed by atoms with Crippen LogP contribution in [-0.2, 0) is 33.0 Å². The van der Waals surface area contributed by atoms with Crippen molar-refractivity contribution in [1.29, 1.82) is 0 Å². The van der Waals surface area contributed by atoms with Crippen LogP contribution in [0.2, 0.25) is 0 Å². The van der Waals surface area contributed by atoms with Crippen LogP contribution in [0.1, 0.15) is 30.5 Å². The first-order valence-electron chi connectivity index (χ1n) is 13.7. The average Bonchev–Trinajstić information content (AvgIpc) is 2.96. The van der Waals surface area contributed by atoms with E-state index < -0.39 is 17.8 Å². The van der Waals surface area contributed by atoms with Crippen molar-refractivity contribution in [1.82, 2.24) is 14.8 Å². The Morgan fingerprint density at radius 3 is 2.15 bits per heavy atom. The Bertz CT molecular complexity index is 1250. The highest BCUT2D eigenvalue weighted by Crippen LogP contribution is 2.39. The number of pyridine rings is 1. The van der Waals surface area contributed by atoms with Crippen LogP contribution in [-0.4, -0.2) is 77.5 Å². The van der Waals surface area contributed by atoms with Gasteiger partial charge in [-0.25, -0.2) is 0 Å². The third kappa shape index (κ3) is 7.91. The van der Waals surface area contributed by atoms with Gasteiger partial charge in [0, 0.05) is 51.7 Å². The van der Waals surface area contributed by atoms with Gasteiger partial charge in [-0.15, -0.1) is 0 Å². The minimum atomic E-state index is -4.76. The maximum atomic E-state index is 13.2. The quantitative estimate of drug-likeness (QED) is 0.262. The van der Waals surface area contributed by atoms with Gasteiger partial charge in [0.25, 0.3) is 0 Å². The van der Waals surface area contributed by atoms with Crippen molar-refractivity contribution in [2.45, 2.75) is 44.8 Å². The lowest BCUT2D eigenvalue weighted by Crippen LogP contribution is -2.56. The molecule has 1 aliphatic heterocycles. The molecule has 220 valence electrons. The van der Waals surface area contributed by atoms with Gasteiger partial charge in [0.15, 0.2) is 5.60 Å². The van der Waals surface area contributed by atoms with Crippen LogP contribution in [0.5, 0.6) is 0 Å². The third-order valence-corrected chi connectivity index (χ3v) is 7.35. The molecule has 0 radical (unpaired) electrons. The van der Waals surface area contributed by atoms with Crippen LogP contribution < -0.4 is 0 Å². The van der Waals surface area contributed by atoms with Crippen LogP contribution in [0.25, 0.3) is 11.1 Å². The van der Waals surface area contributed by atoms with Crippen LogP contribution >= 0.6 is 0 Å². The second kappa shape index (κ2) is 13.6. The van der Waals surface area contributed by atoms with Gasteiger partial charge >= 0.3 is 12.1 Å². The topological polar surface area (TPSA) is 75.1 Å². The normalized spacial score (nSPS) is 18.1. The summed E-state index contributed by atoms with van der Waals surface area (Å²) in [6, 6.07) is 17.0. The molecule has 1 aromatic heterocycles. The Labute approximate surface area is 238 Å². The highest BCUT2D eigenvalue weighted by molar-refractivity contribution is 5.76. The van der Waals surface area contributed by atoms with Crippen LogP contribution in [0.4, 0.5) is 13.2 Å². The minimum Gasteiger partial charge on any atom is -0.462 e. The molecule has 3 aromatic rings. The number of aromatic nitrogens is 1. The molecule has 0 aliphatic carbocycles. The SMILES string of the molecule is CCOCCOC(=O)[C@H]1CN(Cc2ccc(-c3ccc(C(C)(O)C(F)(F)F)cc3)cc2)CCN1Cc1ccncc1. The number of hydrogen-bond donors (Lipinski definition) is 1. The monoisotopic (exact) mass is 571 g/mol. The molecule has 1 fully saturated rings. The standard InChI is InChI=1S/C31H36F3N3O4/c1-3-40-18-19-41-29(38)28-22-36(16-17-37(28)21-24-12-14-35-15-13-24)20-23-4-6-25(7-5-23)26-8-10-27(11-9-26)30(2,39)31(32,33)34/h4-15,28,39H,3,16-22H2,1-2H3/t28-,30?/m1/s1. The number of rotatable bonds is 11. The van der Waals surface area contributed by atoms with Crippen molar-refractivity contribution in [3.05, 3.63) is 89.7 Å². The summed E-state index contributed by atoms with van der Waals surface area (Å²) in [4.78, 5) is 21.5. The zero-order chi connectivity index (χ0) is 29.5. The molecule has 41 heavy (non-hydrogen) atoms. The number of hydrogen-bond acceptors (Lipinski definition) is 7. The number of aliphatic hydroxyl groups is 1. The molecule has 0 bridgehead atoms. The summed E-state index contributed by atoms with van der Waals surface area (Å²) >= 11 is 0. The van der Waals surface area contributed by atoms with Crippen molar-refractivity contribution in [2.24, 2.45) is 0 Å². The molecular formula is C31H36F3N3O4. The summed E-state index contributed by atoms with van der Waals surface area (Å²) in [5.74, 6) is -0.272. The van der Waals surface area contributed by atoms with Crippen LogP contribution in [0.15, 0.2) is 73.1 Å². The van der Waals surface area contributed by atoms with E-state index in [4.69, 9.17) is 9.47 Å². The summed E-state index contributed by atoms with van der Waals surface area (Å²) in [7, 11) is 0. The van der Waals surface area contributed by atoms with E-state index in [-0.39, 0.29) is 18.1 Å². The van der Waals surface area contributed by atoms with Crippen LogP contribution in [0.3, 0.4) is 0 Å². The Hall–Kier alpha value is -3.31. The molecule has 1 unspecified atom stereocenters. The van der Waals surface area contributed by atoms with E-state index in [9.17, 15) is 23.1 Å². The molecule has 10 heteroatoms. The molecule has 1 N–H and O–H groups in total. The molecule has 0 saturated carbocycles. The molecule has 0 spiro atoms. The lowest BCUT2D eigenvalue weighted by Gasteiger charge is -2.40. The Morgan fingerprint density at radius 1 is 0.927 bits per heavy atom. The van der Waals surface area contributed by atoms with Gasteiger partial charge < -0.3 is 14.6 Å². The van der Waals surface area contributed by atoms with E-state index in [0.717, 1.165) is 35.7 Å². The van der Waals surface area contributed by atoms with Crippen molar-refractivity contribution >= 4 is 5.97 Å². The van der Waals surface area contributed by atoms with Gasteiger partial charge in [0.05, 0.1) is 6.61 Å². The first-order valence-corrected chi connectivity index (χ1v) is 13.7. The molecular weight excluding hydrogens is 535 g/mol. The fourth-order valence-electron chi connectivity index (χ4n) is 4.81. The van der Waals surface area contributed by atoms with Crippen LogP contribution in [0, 0.1) is 0 Å². The fourth-order valence-corrected chi connectivity index (χ4v) is 4.81. The number of ether oxygens (including phenoxy) is 2. The number of alkyl halides is 3. The van der Waals surface area contributed by atoms with Crippen molar-refractivity contribution in [2.75, 3.05) is 39.5 Å². The largest absolute Gasteiger partial charge is 0.462 e. The minimum absolute atomic E-state index is 0.209. The van der Waals surface area contributed by atoms with Gasteiger partial charge in [-0.05, 0) is 53.8 Å². The highest BCUT2D eigenvalue weighted by atomic mass is 19.4. The van der Waals surface area contributed by atoms with E-state index in [0.29, 0.717) is 39.4 Å². The summed E-state index contributed by atoms with van der Waals surface area (Å²) < 4.78 is 50.3. The first-order chi connectivity index (χ1) is 19.6. The van der Waals surface area contributed by atoms with Crippen molar-refractivity contribution in [3.8, 4) is 11.1 Å². The van der Waals surface area contributed by atoms with Gasteiger partial charge in [-0.2, -0.15) is 13.2 Å². The van der Waals surface area contributed by atoms with E-state index in [1.165, 1.54) is 12.1 Å². The predicted octanol–water partition coefficient (Wildman–Crippen LogP) is 4.78. The summed E-state index contributed by atoms with van der Waals surface area (Å²) in [5.41, 5.74) is 0.607. The van der Waals surface area contributed by atoms with Gasteiger partial charge in [0.1, 0.15) is 12.6 Å². The lowest BCUT2D eigenvalue weighted by molar-refractivity contribution is -0.258. The first kappa shape index (κ1) is 30.6. The molecule has 1 saturated heterocycles. The summed E-state index contributed by atoms with van der Waals surface area (Å²) in [5, 5.41) is 9.91. The lowest BCUT2D eigenvalue weighted by atomic mass is 9.93. The molecule has 2 heterocycles. The van der Waals surface area contributed by atoms with E-state index in [1.807, 2.05) is 43.3 Å². The second-order valence-corrected chi connectivity index (χ2v) is 10.3. The number of carbonyl (C=O) groups is 1. The molecule has 1 aliphatic rings. The third-order valence-electron chi connectivity index (χ3n) is 7.35. The number of piperazine rings is 1. The molecule has 0 amide bonds. The zero-order valence-electron chi connectivity index (χ0n) is 23.3. The number of carbonyl (C=O) groups excluding carboxylic acids is 1. The highest BCUT2D eigenvalue weighted by Gasteiger charge is 2.51. The predicted molar refractivity (Wildman–Crippen MR) is 149 cm³/mol. The van der Waals surface area contributed by atoms with Gasteiger partial charge in [-0.3, -0.25) is 19.6 Å². The van der Waals surface area contributed by atoms with Crippen molar-refractivity contribution < 1.29 is 32.5 Å². The number of esters is 1. The fraction of sp³-hybridized carbons (Fsp3) is 0.419. The Kier molecular flexibility index (Phi) is 10.1. The maximum Gasteiger partial charge on any atom is 0.421 e. The van der Waals surface area contributed by atoms with E-state index >= 15 is 0 Å². The number of nitrogens with zero attached hydrogens (tertiary/aromatic N) is 3. The molecule has 2 atom stereocenters. The smallest absolute Gasteiger partial charge is 0.421 e. The number of halogens is 3. The number of benzene rings is 2. The summed E-state index contributed by atoms with van der Waals surface area (Å²) in [6.07, 6.45) is -1.28. The summed E-state index contributed by atoms with van der Waals surface area (Å²) in [6.45, 7) is 7.02. The molecule has 7 nitrogen and oxygen atoms in total. The van der Waals surface area contributed by atoms with E-state index in [2.05, 4.69) is 14.8 Å².